The molecule has 0 aliphatic carbocycles. The first kappa shape index (κ1) is 29.4. The summed E-state index contributed by atoms with van der Waals surface area (Å²) in [7, 11) is 0. The molecule has 9 aromatic rings. The highest BCUT2D eigenvalue weighted by Gasteiger charge is 2.14. The summed E-state index contributed by atoms with van der Waals surface area (Å²) in [5.74, 6) is 1.89. The number of fused-ring (bicyclic) bond motifs is 3. The molecule has 0 bridgehead atoms. The monoisotopic (exact) mass is 638 g/mol. The predicted molar refractivity (Wildman–Crippen MR) is 205 cm³/mol. The normalized spacial score (nSPS) is 11.2. The highest BCUT2D eigenvalue weighted by molar-refractivity contribution is 6.06. The second-order valence-corrected chi connectivity index (χ2v) is 12.3. The van der Waals surface area contributed by atoms with Crippen molar-refractivity contribution in [3.8, 4) is 67.5 Å². The van der Waals surface area contributed by atoms with Crippen LogP contribution in [-0.2, 0) is 0 Å². The fourth-order valence-corrected chi connectivity index (χ4v) is 6.50. The predicted octanol–water partition coefficient (Wildman–Crippen LogP) is 11.6. The van der Waals surface area contributed by atoms with Crippen molar-refractivity contribution >= 4 is 21.7 Å². The topological polar surface area (TPSA) is 51.6 Å². The molecule has 50 heavy (non-hydrogen) atoms. The third kappa shape index (κ3) is 5.69. The molecule has 0 atom stereocenters. The number of aromatic nitrogens is 4. The fraction of sp³-hybridized carbons (Fsp3) is 0. The minimum Gasteiger partial charge on any atom is -0.256 e. The second kappa shape index (κ2) is 12.7. The molecule has 2 heterocycles. The van der Waals surface area contributed by atoms with Crippen LogP contribution in [0.3, 0.4) is 0 Å². The van der Waals surface area contributed by atoms with Gasteiger partial charge in [-0.25, -0.2) is 15.0 Å². The van der Waals surface area contributed by atoms with Gasteiger partial charge in [0.2, 0.25) is 0 Å². The first-order chi connectivity index (χ1) is 24.7. The van der Waals surface area contributed by atoms with Gasteiger partial charge < -0.3 is 0 Å². The number of nitrogens with zero attached hydrogens (tertiary/aromatic N) is 4. The van der Waals surface area contributed by atoms with Crippen molar-refractivity contribution in [2.45, 2.75) is 0 Å². The molecule has 0 unspecified atom stereocenters. The van der Waals surface area contributed by atoms with Gasteiger partial charge in [0.05, 0.1) is 5.52 Å². The van der Waals surface area contributed by atoms with Crippen molar-refractivity contribution in [3.63, 3.8) is 0 Å². The van der Waals surface area contributed by atoms with E-state index in [9.17, 15) is 0 Å². The van der Waals surface area contributed by atoms with Crippen molar-refractivity contribution in [2.24, 2.45) is 0 Å². The maximum atomic E-state index is 5.01. The molecule has 7 aromatic carbocycles. The Morgan fingerprint density at radius 1 is 0.280 bits per heavy atom. The average molecular weight is 639 g/mol. The van der Waals surface area contributed by atoms with E-state index in [0.29, 0.717) is 17.5 Å². The zero-order valence-corrected chi connectivity index (χ0v) is 27.1. The van der Waals surface area contributed by atoms with Gasteiger partial charge in [0, 0.05) is 33.7 Å². The number of pyridine rings is 1. The SMILES string of the molecule is c1ccc(-c2ccc(-c3nc(-c4ccc(-c5ccccc5)cc4)nc(-c4ccc(-c5ccc6c(c5)ncc5ccccc56)cc4)n3)cc2)cc1. The Balaban J connectivity index is 1.09. The van der Waals surface area contributed by atoms with E-state index in [2.05, 4.69) is 158 Å². The molecule has 234 valence electrons. The molecular formula is C46H30N4. The van der Waals surface area contributed by atoms with Gasteiger partial charge in [0.15, 0.2) is 17.5 Å². The van der Waals surface area contributed by atoms with E-state index >= 15 is 0 Å². The molecule has 0 saturated carbocycles. The fourth-order valence-electron chi connectivity index (χ4n) is 6.50. The number of hydrogen-bond acceptors (Lipinski definition) is 4. The highest BCUT2D eigenvalue weighted by atomic mass is 15.0. The van der Waals surface area contributed by atoms with Crippen molar-refractivity contribution in [1.29, 1.82) is 0 Å². The maximum absolute atomic E-state index is 5.01. The summed E-state index contributed by atoms with van der Waals surface area (Å²) >= 11 is 0. The Hall–Kier alpha value is -6.78. The molecule has 0 fully saturated rings. The summed E-state index contributed by atoms with van der Waals surface area (Å²) in [6.45, 7) is 0. The van der Waals surface area contributed by atoms with Crippen LogP contribution >= 0.6 is 0 Å². The molecule has 0 radical (unpaired) electrons. The molecule has 0 amide bonds. The molecule has 0 aliphatic heterocycles. The van der Waals surface area contributed by atoms with Crippen LogP contribution in [0.5, 0.6) is 0 Å². The van der Waals surface area contributed by atoms with Crippen LogP contribution in [0.25, 0.3) is 89.2 Å². The number of benzene rings is 7. The Bertz CT molecular complexity index is 2500. The van der Waals surface area contributed by atoms with Crippen LogP contribution in [0.2, 0.25) is 0 Å². The lowest BCUT2D eigenvalue weighted by Gasteiger charge is -2.11. The first-order valence-electron chi connectivity index (χ1n) is 16.7. The van der Waals surface area contributed by atoms with Gasteiger partial charge in [-0.3, -0.25) is 4.98 Å². The van der Waals surface area contributed by atoms with Gasteiger partial charge in [-0.05, 0) is 44.8 Å². The summed E-state index contributed by atoms with van der Waals surface area (Å²) in [4.78, 5) is 19.8. The van der Waals surface area contributed by atoms with Crippen LogP contribution in [0, 0.1) is 0 Å². The molecule has 4 heteroatoms. The van der Waals surface area contributed by atoms with Gasteiger partial charge in [0.1, 0.15) is 0 Å². The van der Waals surface area contributed by atoms with E-state index < -0.39 is 0 Å². The molecular weight excluding hydrogens is 609 g/mol. The average Bonchev–Trinajstić information content (AvgIpc) is 3.21. The van der Waals surface area contributed by atoms with Crippen LogP contribution in [0.4, 0.5) is 0 Å². The van der Waals surface area contributed by atoms with Gasteiger partial charge in [-0.2, -0.15) is 0 Å². The van der Waals surface area contributed by atoms with Gasteiger partial charge in [0.25, 0.3) is 0 Å². The van der Waals surface area contributed by atoms with Crippen LogP contribution in [-0.4, -0.2) is 19.9 Å². The third-order valence-corrected chi connectivity index (χ3v) is 9.20. The summed E-state index contributed by atoms with van der Waals surface area (Å²) in [5.41, 5.74) is 10.6. The van der Waals surface area contributed by atoms with E-state index in [4.69, 9.17) is 19.9 Å². The zero-order valence-electron chi connectivity index (χ0n) is 27.1. The molecule has 9 rings (SSSR count). The lowest BCUT2D eigenvalue weighted by molar-refractivity contribution is 1.07. The second-order valence-electron chi connectivity index (χ2n) is 12.3. The van der Waals surface area contributed by atoms with Crippen molar-refractivity contribution < 1.29 is 0 Å². The smallest absolute Gasteiger partial charge is 0.164 e. The Morgan fingerprint density at radius 3 is 1.16 bits per heavy atom. The molecule has 0 spiro atoms. The van der Waals surface area contributed by atoms with Crippen LogP contribution < -0.4 is 0 Å². The standard InChI is InChI=1S/C46H30N4/c1-3-9-31(10-4-1)33-15-21-36(22-16-33)44-48-45(37-23-17-34(18-24-37)32-11-5-2-6-12-32)50-46(49-44)38-25-19-35(20-26-38)39-27-28-42-41-14-8-7-13-40(41)30-47-43(42)29-39/h1-30H. The van der Waals surface area contributed by atoms with Crippen LogP contribution in [0.1, 0.15) is 0 Å². The molecule has 0 saturated heterocycles. The Morgan fingerprint density at radius 2 is 0.660 bits per heavy atom. The summed E-state index contributed by atoms with van der Waals surface area (Å²) in [6, 6.07) is 60.9. The van der Waals surface area contributed by atoms with E-state index in [1.54, 1.807) is 0 Å². The third-order valence-electron chi connectivity index (χ3n) is 9.20. The quantitative estimate of drug-likeness (QED) is 0.170. The van der Waals surface area contributed by atoms with E-state index in [1.165, 1.54) is 16.5 Å². The minimum absolute atomic E-state index is 0.627. The van der Waals surface area contributed by atoms with Gasteiger partial charge in [-0.1, -0.05) is 170 Å². The molecule has 0 N–H and O–H groups in total. The van der Waals surface area contributed by atoms with E-state index in [1.807, 2.05) is 24.4 Å². The van der Waals surface area contributed by atoms with Crippen molar-refractivity contribution in [2.75, 3.05) is 0 Å². The van der Waals surface area contributed by atoms with Gasteiger partial charge in [-0.15, -0.1) is 0 Å². The van der Waals surface area contributed by atoms with Crippen molar-refractivity contribution in [1.82, 2.24) is 19.9 Å². The summed E-state index contributed by atoms with van der Waals surface area (Å²) in [6.07, 6.45) is 1.95. The summed E-state index contributed by atoms with van der Waals surface area (Å²) in [5, 5.41) is 3.51. The largest absolute Gasteiger partial charge is 0.256 e. The van der Waals surface area contributed by atoms with Crippen LogP contribution in [0.15, 0.2) is 182 Å². The number of rotatable bonds is 6. The lowest BCUT2D eigenvalue weighted by atomic mass is 10.00. The Kier molecular flexibility index (Phi) is 7.45. The Labute approximate surface area is 290 Å². The van der Waals surface area contributed by atoms with E-state index in [0.717, 1.165) is 55.2 Å². The molecule has 4 nitrogen and oxygen atoms in total. The molecule has 0 aliphatic rings. The zero-order chi connectivity index (χ0) is 33.3. The summed E-state index contributed by atoms with van der Waals surface area (Å²) < 4.78 is 0. The van der Waals surface area contributed by atoms with Gasteiger partial charge >= 0.3 is 0 Å². The van der Waals surface area contributed by atoms with Crippen molar-refractivity contribution in [3.05, 3.63) is 182 Å². The minimum atomic E-state index is 0.627. The number of hydrogen-bond donors (Lipinski definition) is 0. The van der Waals surface area contributed by atoms with E-state index in [-0.39, 0.29) is 0 Å². The highest BCUT2D eigenvalue weighted by Crippen LogP contribution is 2.32. The maximum Gasteiger partial charge on any atom is 0.164 e. The molecule has 2 aromatic heterocycles. The first-order valence-corrected chi connectivity index (χ1v) is 16.7. The lowest BCUT2D eigenvalue weighted by Crippen LogP contribution is -2.00.